The Morgan fingerprint density at radius 3 is 2.67 bits per heavy atom. The number of pyridine rings is 1. The highest BCUT2D eigenvalue weighted by molar-refractivity contribution is 5.88. The van der Waals surface area contributed by atoms with Gasteiger partial charge in [0, 0.05) is 24.7 Å². The van der Waals surface area contributed by atoms with Gasteiger partial charge in [-0.15, -0.1) is 0 Å². The Balaban J connectivity index is 1.67. The Hall–Kier alpha value is -3.00. The van der Waals surface area contributed by atoms with E-state index in [0.29, 0.717) is 22.8 Å². The molecule has 0 aliphatic carbocycles. The van der Waals surface area contributed by atoms with Crippen LogP contribution < -0.4 is 20.7 Å². The van der Waals surface area contributed by atoms with Gasteiger partial charge in [0.1, 0.15) is 29.2 Å². The number of anilines is 3. The Labute approximate surface area is 175 Å². The summed E-state index contributed by atoms with van der Waals surface area (Å²) in [5.41, 5.74) is 8.13. The number of hydrogen-bond donors (Lipinski definition) is 2. The SMILES string of the molecule is CC(C)Oc1cc(F)ccc1Nc1ncnc2ccc(N3CCC(C)(N)CC3)nc12. The Morgan fingerprint density at radius 2 is 1.93 bits per heavy atom. The maximum absolute atomic E-state index is 13.7. The number of piperidine rings is 1. The molecular formula is C22H27FN6O. The number of nitrogens with one attached hydrogen (secondary N) is 1. The van der Waals surface area contributed by atoms with Crippen molar-refractivity contribution in [2.45, 2.75) is 45.3 Å². The van der Waals surface area contributed by atoms with Crippen LogP contribution >= 0.6 is 0 Å². The average Bonchev–Trinajstić information content (AvgIpc) is 2.69. The molecule has 3 heterocycles. The van der Waals surface area contributed by atoms with Gasteiger partial charge in [0.05, 0.1) is 17.3 Å². The molecule has 1 saturated heterocycles. The molecule has 30 heavy (non-hydrogen) atoms. The normalized spacial score (nSPS) is 16.1. The lowest BCUT2D eigenvalue weighted by Crippen LogP contribution is -2.48. The fourth-order valence-electron chi connectivity index (χ4n) is 3.52. The predicted molar refractivity (Wildman–Crippen MR) is 117 cm³/mol. The fraction of sp³-hybridized carbons (Fsp3) is 0.409. The van der Waals surface area contributed by atoms with Gasteiger partial charge in [0.15, 0.2) is 5.82 Å². The van der Waals surface area contributed by atoms with Gasteiger partial charge >= 0.3 is 0 Å². The number of nitrogens with zero attached hydrogens (tertiary/aromatic N) is 4. The molecule has 3 N–H and O–H groups in total. The van der Waals surface area contributed by atoms with Crippen LogP contribution in [0.3, 0.4) is 0 Å². The van der Waals surface area contributed by atoms with Gasteiger partial charge in [-0.1, -0.05) is 0 Å². The topological polar surface area (TPSA) is 89.2 Å². The molecule has 158 valence electrons. The van der Waals surface area contributed by atoms with Crippen LogP contribution in [0.5, 0.6) is 5.75 Å². The molecular weight excluding hydrogens is 383 g/mol. The maximum atomic E-state index is 13.7. The van der Waals surface area contributed by atoms with Crippen molar-refractivity contribution in [3.63, 3.8) is 0 Å². The molecule has 0 amide bonds. The summed E-state index contributed by atoms with van der Waals surface area (Å²) in [6.45, 7) is 7.59. The van der Waals surface area contributed by atoms with Crippen LogP contribution in [0.15, 0.2) is 36.7 Å². The minimum Gasteiger partial charge on any atom is -0.489 e. The van der Waals surface area contributed by atoms with E-state index in [1.165, 1.54) is 18.5 Å². The van der Waals surface area contributed by atoms with Crippen LogP contribution in [0.25, 0.3) is 11.0 Å². The summed E-state index contributed by atoms with van der Waals surface area (Å²) in [6.07, 6.45) is 3.22. The minimum absolute atomic E-state index is 0.0912. The molecule has 0 atom stereocenters. The molecule has 1 aliphatic heterocycles. The second-order valence-corrected chi connectivity index (χ2v) is 8.33. The molecule has 1 fully saturated rings. The minimum atomic E-state index is -0.360. The molecule has 3 aromatic rings. The summed E-state index contributed by atoms with van der Waals surface area (Å²) in [4.78, 5) is 15.8. The first-order valence-corrected chi connectivity index (χ1v) is 10.2. The quantitative estimate of drug-likeness (QED) is 0.657. The monoisotopic (exact) mass is 410 g/mol. The smallest absolute Gasteiger partial charge is 0.160 e. The maximum Gasteiger partial charge on any atom is 0.160 e. The molecule has 0 bridgehead atoms. The first kappa shape index (κ1) is 20.3. The average molecular weight is 410 g/mol. The number of rotatable bonds is 5. The van der Waals surface area contributed by atoms with Gasteiger partial charge in [-0.05, 0) is 57.9 Å². The Morgan fingerprint density at radius 1 is 1.17 bits per heavy atom. The molecule has 0 spiro atoms. The molecule has 2 aromatic heterocycles. The third kappa shape index (κ3) is 4.43. The van der Waals surface area contributed by atoms with Crippen molar-refractivity contribution in [3.8, 4) is 5.75 Å². The number of nitrogens with two attached hydrogens (primary N) is 1. The van der Waals surface area contributed by atoms with Crippen molar-refractivity contribution in [2.24, 2.45) is 5.73 Å². The van der Waals surface area contributed by atoms with E-state index in [1.807, 2.05) is 26.0 Å². The molecule has 4 rings (SSSR count). The van der Waals surface area contributed by atoms with Gasteiger partial charge in [-0.3, -0.25) is 0 Å². The van der Waals surface area contributed by atoms with E-state index in [4.69, 9.17) is 15.5 Å². The second-order valence-electron chi connectivity index (χ2n) is 8.33. The van der Waals surface area contributed by atoms with Crippen molar-refractivity contribution in [1.29, 1.82) is 0 Å². The van der Waals surface area contributed by atoms with Crippen LogP contribution in [0, 0.1) is 5.82 Å². The number of hydrogen-bond acceptors (Lipinski definition) is 7. The largest absolute Gasteiger partial charge is 0.489 e. The van der Waals surface area contributed by atoms with Crippen LogP contribution in [0.2, 0.25) is 0 Å². The van der Waals surface area contributed by atoms with Gasteiger partial charge in [-0.2, -0.15) is 0 Å². The fourth-order valence-corrected chi connectivity index (χ4v) is 3.52. The Bertz CT molecular complexity index is 1040. The van der Waals surface area contributed by atoms with Gasteiger partial charge < -0.3 is 20.7 Å². The number of ether oxygens (including phenoxy) is 1. The van der Waals surface area contributed by atoms with Gasteiger partial charge in [-0.25, -0.2) is 19.3 Å². The summed E-state index contributed by atoms with van der Waals surface area (Å²) in [5, 5.41) is 3.25. The van der Waals surface area contributed by atoms with Crippen molar-refractivity contribution in [3.05, 3.63) is 42.5 Å². The third-order valence-corrected chi connectivity index (χ3v) is 5.26. The van der Waals surface area contributed by atoms with Crippen LogP contribution in [-0.2, 0) is 0 Å². The highest BCUT2D eigenvalue weighted by atomic mass is 19.1. The van der Waals surface area contributed by atoms with Crippen molar-refractivity contribution in [1.82, 2.24) is 15.0 Å². The highest BCUT2D eigenvalue weighted by Gasteiger charge is 2.26. The zero-order chi connectivity index (χ0) is 21.3. The van der Waals surface area contributed by atoms with E-state index in [9.17, 15) is 4.39 Å². The Kier molecular flexibility index (Phi) is 5.42. The molecule has 1 aromatic carbocycles. The van der Waals surface area contributed by atoms with E-state index in [2.05, 4.69) is 27.1 Å². The van der Waals surface area contributed by atoms with Gasteiger partial charge in [0.25, 0.3) is 0 Å². The van der Waals surface area contributed by atoms with Crippen molar-refractivity contribution in [2.75, 3.05) is 23.3 Å². The third-order valence-electron chi connectivity index (χ3n) is 5.26. The zero-order valence-corrected chi connectivity index (χ0v) is 17.5. The molecule has 1 aliphatic rings. The van der Waals surface area contributed by atoms with Crippen molar-refractivity contribution < 1.29 is 9.13 Å². The van der Waals surface area contributed by atoms with Crippen LogP contribution in [-0.4, -0.2) is 39.7 Å². The first-order chi connectivity index (χ1) is 14.3. The first-order valence-electron chi connectivity index (χ1n) is 10.2. The zero-order valence-electron chi connectivity index (χ0n) is 17.5. The standard InChI is InChI=1S/C22H27FN6O/c1-14(2)30-18-12-15(23)4-5-16(18)27-21-20-17(25-13-26-21)6-7-19(28-20)29-10-8-22(3,24)9-11-29/h4-7,12-14H,8-11,24H2,1-3H3,(H,25,26,27). The number of fused-ring (bicyclic) bond motifs is 1. The summed E-state index contributed by atoms with van der Waals surface area (Å²) in [6, 6.07) is 8.30. The van der Waals surface area contributed by atoms with Gasteiger partial charge in [0.2, 0.25) is 0 Å². The number of benzene rings is 1. The van der Waals surface area contributed by atoms with Crippen molar-refractivity contribution >= 4 is 28.4 Å². The lowest BCUT2D eigenvalue weighted by atomic mass is 9.91. The molecule has 0 radical (unpaired) electrons. The summed E-state index contributed by atoms with van der Waals surface area (Å²) in [5.74, 6) is 1.48. The summed E-state index contributed by atoms with van der Waals surface area (Å²) >= 11 is 0. The molecule has 7 nitrogen and oxygen atoms in total. The molecule has 0 saturated carbocycles. The molecule has 0 unspecified atom stereocenters. The van der Waals surface area contributed by atoms with E-state index in [1.54, 1.807) is 6.07 Å². The van der Waals surface area contributed by atoms with E-state index >= 15 is 0 Å². The number of aromatic nitrogens is 3. The molecule has 8 heteroatoms. The van der Waals surface area contributed by atoms with E-state index < -0.39 is 0 Å². The highest BCUT2D eigenvalue weighted by Crippen LogP contribution is 2.32. The van der Waals surface area contributed by atoms with Crippen LogP contribution in [0.4, 0.5) is 21.7 Å². The summed E-state index contributed by atoms with van der Waals surface area (Å²) < 4.78 is 19.5. The van der Waals surface area contributed by atoms with E-state index in [0.717, 1.165) is 37.3 Å². The predicted octanol–water partition coefficient (Wildman–Crippen LogP) is 4.01. The number of halogens is 1. The second kappa shape index (κ2) is 8.02. The lowest BCUT2D eigenvalue weighted by Gasteiger charge is -2.37. The van der Waals surface area contributed by atoms with E-state index in [-0.39, 0.29) is 17.5 Å². The van der Waals surface area contributed by atoms with Crippen LogP contribution in [0.1, 0.15) is 33.6 Å². The summed E-state index contributed by atoms with van der Waals surface area (Å²) in [7, 11) is 0. The lowest BCUT2D eigenvalue weighted by molar-refractivity contribution is 0.243.